The quantitative estimate of drug-likeness (QED) is 0.439. The summed E-state index contributed by atoms with van der Waals surface area (Å²) >= 11 is 5.97. The molecular formula is C21H14ClFN2O3S. The first kappa shape index (κ1) is 19.3. The van der Waals surface area contributed by atoms with Crippen molar-refractivity contribution in [1.29, 1.82) is 0 Å². The third-order valence-electron chi connectivity index (χ3n) is 4.48. The van der Waals surface area contributed by atoms with Crippen LogP contribution in [0.2, 0.25) is 5.02 Å². The molecule has 8 heteroatoms. The molecule has 1 aromatic heterocycles. The van der Waals surface area contributed by atoms with E-state index in [4.69, 9.17) is 11.6 Å². The van der Waals surface area contributed by atoms with Crippen molar-refractivity contribution in [3.05, 3.63) is 94.9 Å². The number of nitrogens with zero attached hydrogens (tertiary/aromatic N) is 2. The third-order valence-corrected chi connectivity index (χ3v) is 6.41. The molecule has 4 rings (SSSR count). The molecule has 0 radical (unpaired) electrons. The Morgan fingerprint density at radius 3 is 2.52 bits per heavy atom. The predicted molar refractivity (Wildman–Crippen MR) is 108 cm³/mol. The van der Waals surface area contributed by atoms with Crippen molar-refractivity contribution in [2.75, 3.05) is 0 Å². The molecule has 0 saturated carbocycles. The highest BCUT2D eigenvalue weighted by Crippen LogP contribution is 2.24. The second kappa shape index (κ2) is 7.42. The maximum Gasteiger partial charge on any atom is 0.283 e. The second-order valence-corrected chi connectivity index (χ2v) is 8.57. The molecule has 0 atom stereocenters. The molecule has 0 aliphatic heterocycles. The number of Topliss-reactive ketones (excluding diaryl/α,β-unsaturated/α-hetero) is 1. The van der Waals surface area contributed by atoms with Crippen LogP contribution >= 0.6 is 11.6 Å². The van der Waals surface area contributed by atoms with Crippen molar-refractivity contribution in [2.24, 2.45) is 0 Å². The first-order chi connectivity index (χ1) is 13.9. The number of fused-ring (bicyclic) bond motifs is 1. The zero-order valence-corrected chi connectivity index (χ0v) is 16.5. The fraction of sp³-hybridized carbons (Fsp3) is 0.0476. The summed E-state index contributed by atoms with van der Waals surface area (Å²) in [7, 11) is -3.89. The average Bonchev–Trinajstić information content (AvgIpc) is 3.12. The molecule has 0 aliphatic rings. The number of aromatic nitrogens is 2. The SMILES string of the molecule is O=C(Cc1ccc2cnn(S(=O)(=O)c3ccccc3)c2c1)c1c(F)cccc1Cl. The highest BCUT2D eigenvalue weighted by Gasteiger charge is 2.21. The summed E-state index contributed by atoms with van der Waals surface area (Å²) in [4.78, 5) is 12.7. The van der Waals surface area contributed by atoms with Gasteiger partial charge in [-0.05, 0) is 35.9 Å². The normalized spacial score (nSPS) is 11.7. The van der Waals surface area contributed by atoms with Gasteiger partial charge in [-0.1, -0.05) is 48.0 Å². The molecule has 0 bridgehead atoms. The van der Waals surface area contributed by atoms with Gasteiger partial charge in [0, 0.05) is 11.8 Å². The Morgan fingerprint density at radius 1 is 1.03 bits per heavy atom. The van der Waals surface area contributed by atoms with Gasteiger partial charge in [-0.3, -0.25) is 4.79 Å². The molecule has 0 unspecified atom stereocenters. The van der Waals surface area contributed by atoms with E-state index >= 15 is 0 Å². The van der Waals surface area contributed by atoms with Gasteiger partial charge in [0.15, 0.2) is 5.78 Å². The standard InChI is InChI=1S/C21H14ClFN2O3S/c22-17-7-4-8-18(23)21(17)20(26)12-14-9-10-15-13-24-25(19(15)11-14)29(27,28)16-5-2-1-3-6-16/h1-11,13H,12H2. The van der Waals surface area contributed by atoms with Gasteiger partial charge in [0.1, 0.15) is 5.82 Å². The zero-order chi connectivity index (χ0) is 20.6. The van der Waals surface area contributed by atoms with Crippen LogP contribution in [0.5, 0.6) is 0 Å². The molecule has 5 nitrogen and oxygen atoms in total. The van der Waals surface area contributed by atoms with Crippen LogP contribution in [0.3, 0.4) is 0 Å². The van der Waals surface area contributed by atoms with E-state index in [9.17, 15) is 17.6 Å². The summed E-state index contributed by atoms with van der Waals surface area (Å²) in [5.74, 6) is -1.19. The van der Waals surface area contributed by atoms with Gasteiger partial charge in [0.05, 0.1) is 27.2 Å². The van der Waals surface area contributed by atoms with E-state index in [1.165, 1.54) is 36.5 Å². The van der Waals surface area contributed by atoms with Crippen molar-refractivity contribution in [3.63, 3.8) is 0 Å². The molecule has 146 valence electrons. The lowest BCUT2D eigenvalue weighted by Gasteiger charge is -2.08. The molecule has 3 aromatic carbocycles. The fourth-order valence-corrected chi connectivity index (χ4v) is 4.63. The van der Waals surface area contributed by atoms with E-state index in [2.05, 4.69) is 5.10 Å². The summed E-state index contributed by atoms with van der Waals surface area (Å²) < 4.78 is 40.8. The number of rotatable bonds is 5. The first-order valence-electron chi connectivity index (χ1n) is 8.62. The van der Waals surface area contributed by atoms with E-state index in [0.29, 0.717) is 16.5 Å². The minimum Gasteiger partial charge on any atom is -0.294 e. The summed E-state index contributed by atoms with van der Waals surface area (Å²) in [5, 5.41) is 4.65. The van der Waals surface area contributed by atoms with E-state index in [-0.39, 0.29) is 21.9 Å². The lowest BCUT2D eigenvalue weighted by Crippen LogP contribution is -2.14. The molecule has 0 fully saturated rings. The zero-order valence-electron chi connectivity index (χ0n) is 14.9. The van der Waals surface area contributed by atoms with Crippen LogP contribution in [-0.2, 0) is 16.4 Å². The largest absolute Gasteiger partial charge is 0.294 e. The number of carbonyl (C=O) groups excluding carboxylic acids is 1. The maximum absolute atomic E-state index is 14.0. The van der Waals surface area contributed by atoms with Crippen molar-refractivity contribution >= 4 is 38.3 Å². The number of ketones is 1. The van der Waals surface area contributed by atoms with E-state index < -0.39 is 21.6 Å². The van der Waals surface area contributed by atoms with Gasteiger partial charge in [-0.25, -0.2) is 4.39 Å². The van der Waals surface area contributed by atoms with Crippen molar-refractivity contribution in [2.45, 2.75) is 11.3 Å². The summed E-state index contributed by atoms with van der Waals surface area (Å²) in [6.45, 7) is 0. The Balaban J connectivity index is 1.74. The third kappa shape index (κ3) is 3.54. The number of carbonyl (C=O) groups is 1. The molecule has 0 aliphatic carbocycles. The Labute approximate surface area is 171 Å². The lowest BCUT2D eigenvalue weighted by atomic mass is 10.0. The summed E-state index contributed by atoms with van der Waals surface area (Å²) in [6, 6.07) is 16.9. The van der Waals surface area contributed by atoms with E-state index in [1.54, 1.807) is 36.4 Å². The predicted octanol–water partition coefficient (Wildman–Crippen LogP) is 4.49. The van der Waals surface area contributed by atoms with Gasteiger partial charge in [-0.2, -0.15) is 17.6 Å². The highest BCUT2D eigenvalue weighted by atomic mass is 35.5. The first-order valence-corrected chi connectivity index (χ1v) is 10.4. The van der Waals surface area contributed by atoms with E-state index in [0.717, 1.165) is 4.09 Å². The van der Waals surface area contributed by atoms with Crippen LogP contribution < -0.4 is 0 Å². The molecule has 0 N–H and O–H groups in total. The van der Waals surface area contributed by atoms with Crippen molar-refractivity contribution < 1.29 is 17.6 Å². The molecule has 0 spiro atoms. The highest BCUT2D eigenvalue weighted by molar-refractivity contribution is 7.90. The average molecular weight is 429 g/mol. The van der Waals surface area contributed by atoms with Crippen LogP contribution in [0.15, 0.2) is 77.8 Å². The molecule has 29 heavy (non-hydrogen) atoms. The van der Waals surface area contributed by atoms with Crippen LogP contribution in [0.4, 0.5) is 4.39 Å². The topological polar surface area (TPSA) is 69.0 Å². The summed E-state index contributed by atoms with van der Waals surface area (Å²) in [5.41, 5.74) is 0.672. The number of hydrogen-bond donors (Lipinski definition) is 0. The Kier molecular flexibility index (Phi) is 4.94. The van der Waals surface area contributed by atoms with Gasteiger partial charge in [-0.15, -0.1) is 0 Å². The van der Waals surface area contributed by atoms with Crippen LogP contribution in [0.25, 0.3) is 10.9 Å². The van der Waals surface area contributed by atoms with Crippen LogP contribution in [0, 0.1) is 5.82 Å². The van der Waals surface area contributed by atoms with Crippen LogP contribution in [0.1, 0.15) is 15.9 Å². The monoisotopic (exact) mass is 428 g/mol. The minimum absolute atomic E-state index is 0.0350. The van der Waals surface area contributed by atoms with E-state index in [1.807, 2.05) is 0 Å². The molecule has 0 saturated heterocycles. The Morgan fingerprint density at radius 2 is 1.79 bits per heavy atom. The smallest absolute Gasteiger partial charge is 0.283 e. The molecule has 0 amide bonds. The number of benzene rings is 3. The molecule has 1 heterocycles. The van der Waals surface area contributed by atoms with Crippen LogP contribution in [-0.4, -0.2) is 23.4 Å². The minimum atomic E-state index is -3.89. The summed E-state index contributed by atoms with van der Waals surface area (Å²) in [6.07, 6.45) is 1.31. The fourth-order valence-electron chi connectivity index (χ4n) is 3.07. The van der Waals surface area contributed by atoms with Gasteiger partial charge in [0.25, 0.3) is 10.0 Å². The molecule has 4 aromatic rings. The second-order valence-electron chi connectivity index (χ2n) is 6.40. The lowest BCUT2D eigenvalue weighted by molar-refractivity contribution is 0.0989. The maximum atomic E-state index is 14.0. The van der Waals surface area contributed by atoms with Gasteiger partial charge in [0.2, 0.25) is 0 Å². The van der Waals surface area contributed by atoms with Gasteiger partial charge >= 0.3 is 0 Å². The number of halogens is 2. The Hall–Kier alpha value is -3.03. The molecular weight excluding hydrogens is 415 g/mol. The van der Waals surface area contributed by atoms with Crippen molar-refractivity contribution in [3.8, 4) is 0 Å². The van der Waals surface area contributed by atoms with Crippen molar-refractivity contribution in [1.82, 2.24) is 9.19 Å². The van der Waals surface area contributed by atoms with Gasteiger partial charge < -0.3 is 0 Å². The number of hydrogen-bond acceptors (Lipinski definition) is 4. The Bertz CT molecular complexity index is 1310.